The van der Waals surface area contributed by atoms with E-state index in [-0.39, 0.29) is 12.5 Å². The minimum absolute atomic E-state index is 0.0254. The van der Waals surface area contributed by atoms with E-state index in [4.69, 9.17) is 5.73 Å². The Morgan fingerprint density at radius 1 is 0.923 bits per heavy atom. The number of hydrogen-bond acceptors (Lipinski definition) is 6. The summed E-state index contributed by atoms with van der Waals surface area (Å²) in [6, 6.07) is 12.0. The zero-order valence-electron chi connectivity index (χ0n) is 13.5. The highest BCUT2D eigenvalue weighted by molar-refractivity contribution is 5.58. The number of anilines is 4. The number of hydrogen-bond donors (Lipinski definition) is 3. The third kappa shape index (κ3) is 4.59. The van der Waals surface area contributed by atoms with Crippen molar-refractivity contribution in [3.05, 3.63) is 65.9 Å². The zero-order valence-corrected chi connectivity index (χ0v) is 13.5. The van der Waals surface area contributed by atoms with E-state index in [1.807, 2.05) is 6.07 Å². The van der Waals surface area contributed by atoms with Gasteiger partial charge in [-0.3, -0.25) is 0 Å². The summed E-state index contributed by atoms with van der Waals surface area (Å²) in [7, 11) is 0. The molecule has 9 heteroatoms. The fraction of sp³-hybridized carbons (Fsp3) is 0.118. The number of nitrogen functional groups attached to an aromatic ring is 1. The molecule has 0 atom stereocenters. The first-order valence-electron chi connectivity index (χ1n) is 7.63. The van der Waals surface area contributed by atoms with Crippen LogP contribution >= 0.6 is 0 Å². The van der Waals surface area contributed by atoms with E-state index in [1.54, 1.807) is 30.5 Å². The summed E-state index contributed by atoms with van der Waals surface area (Å²) < 4.78 is 38.3. The van der Waals surface area contributed by atoms with E-state index in [0.29, 0.717) is 23.0 Å². The van der Waals surface area contributed by atoms with Crippen LogP contribution in [0.2, 0.25) is 0 Å². The Kier molecular flexibility index (Phi) is 4.87. The van der Waals surface area contributed by atoms with Gasteiger partial charge in [-0.2, -0.15) is 23.1 Å². The van der Waals surface area contributed by atoms with Gasteiger partial charge in [0, 0.05) is 18.8 Å². The summed E-state index contributed by atoms with van der Waals surface area (Å²) >= 11 is 0. The number of halogens is 3. The molecule has 6 nitrogen and oxygen atoms in total. The lowest BCUT2D eigenvalue weighted by atomic mass is 10.1. The lowest BCUT2D eigenvalue weighted by Crippen LogP contribution is -2.08. The van der Waals surface area contributed by atoms with Gasteiger partial charge in [0.05, 0.1) is 5.56 Å². The molecule has 0 saturated heterocycles. The second-order valence-corrected chi connectivity index (χ2v) is 5.39. The van der Waals surface area contributed by atoms with Crippen LogP contribution in [0.4, 0.5) is 36.6 Å². The van der Waals surface area contributed by atoms with Crippen LogP contribution in [0.15, 0.2) is 54.7 Å². The molecule has 0 aliphatic rings. The van der Waals surface area contributed by atoms with Crippen LogP contribution in [-0.4, -0.2) is 15.0 Å². The maximum Gasteiger partial charge on any atom is 0.416 e. The number of aromatic nitrogens is 3. The first-order chi connectivity index (χ1) is 12.4. The Hall–Kier alpha value is -3.36. The van der Waals surface area contributed by atoms with Crippen molar-refractivity contribution in [2.24, 2.45) is 0 Å². The van der Waals surface area contributed by atoms with E-state index in [9.17, 15) is 13.2 Å². The van der Waals surface area contributed by atoms with E-state index in [1.165, 1.54) is 6.07 Å². The molecular formula is C17H15F3N6. The molecule has 2 heterocycles. The maximum atomic E-state index is 12.8. The molecule has 0 fully saturated rings. The van der Waals surface area contributed by atoms with Gasteiger partial charge in [-0.05, 0) is 29.8 Å². The Morgan fingerprint density at radius 2 is 1.73 bits per heavy atom. The molecule has 0 aliphatic carbocycles. The normalized spacial score (nSPS) is 11.2. The molecule has 26 heavy (non-hydrogen) atoms. The number of rotatable bonds is 5. The monoisotopic (exact) mass is 360 g/mol. The Bertz CT molecular complexity index is 883. The quantitative estimate of drug-likeness (QED) is 0.641. The minimum Gasteiger partial charge on any atom is -0.368 e. The smallest absolute Gasteiger partial charge is 0.368 e. The molecule has 0 radical (unpaired) electrons. The van der Waals surface area contributed by atoms with Gasteiger partial charge in [0.1, 0.15) is 17.5 Å². The van der Waals surface area contributed by atoms with Crippen LogP contribution in [0, 0.1) is 0 Å². The lowest BCUT2D eigenvalue weighted by Gasteiger charge is -2.11. The highest BCUT2D eigenvalue weighted by Gasteiger charge is 2.30. The summed E-state index contributed by atoms with van der Waals surface area (Å²) in [4.78, 5) is 12.2. The van der Waals surface area contributed by atoms with E-state index < -0.39 is 11.7 Å². The van der Waals surface area contributed by atoms with Gasteiger partial charge in [0.2, 0.25) is 5.95 Å². The van der Waals surface area contributed by atoms with Crippen LogP contribution in [0.5, 0.6) is 0 Å². The molecule has 1 aromatic carbocycles. The summed E-state index contributed by atoms with van der Waals surface area (Å²) in [5.74, 6) is 1.41. The molecule has 4 N–H and O–H groups in total. The van der Waals surface area contributed by atoms with Crippen LogP contribution < -0.4 is 16.4 Å². The number of alkyl halides is 3. The third-order valence-electron chi connectivity index (χ3n) is 3.39. The number of benzene rings is 1. The van der Waals surface area contributed by atoms with Gasteiger partial charge >= 0.3 is 6.18 Å². The summed E-state index contributed by atoms with van der Waals surface area (Å²) in [5.41, 5.74) is 5.46. The van der Waals surface area contributed by atoms with Crippen LogP contribution in [-0.2, 0) is 12.7 Å². The fourth-order valence-electron chi connectivity index (χ4n) is 2.24. The van der Waals surface area contributed by atoms with Gasteiger partial charge in [-0.25, -0.2) is 4.98 Å². The molecular weight excluding hydrogens is 345 g/mol. The standard InChI is InChI=1S/C17H15F3N6/c18-17(19,20)12-5-3-4-11(8-12)10-23-14-9-15(26-16(21)25-14)24-13-6-1-2-7-22-13/h1-9H,10H2,(H4,21,22,23,24,25,26). The fourth-order valence-corrected chi connectivity index (χ4v) is 2.24. The summed E-state index contributed by atoms with van der Waals surface area (Å²) in [6.45, 7) is 0.156. The second kappa shape index (κ2) is 7.26. The number of pyridine rings is 1. The minimum atomic E-state index is -4.38. The first-order valence-corrected chi connectivity index (χ1v) is 7.63. The largest absolute Gasteiger partial charge is 0.416 e. The van der Waals surface area contributed by atoms with Gasteiger partial charge in [-0.15, -0.1) is 0 Å². The van der Waals surface area contributed by atoms with E-state index in [2.05, 4.69) is 25.6 Å². The van der Waals surface area contributed by atoms with Gasteiger partial charge in [0.15, 0.2) is 0 Å². The van der Waals surface area contributed by atoms with Crippen molar-refractivity contribution in [1.29, 1.82) is 0 Å². The molecule has 0 amide bonds. The van der Waals surface area contributed by atoms with Crippen molar-refractivity contribution in [2.75, 3.05) is 16.4 Å². The highest BCUT2D eigenvalue weighted by atomic mass is 19.4. The Morgan fingerprint density at radius 3 is 2.46 bits per heavy atom. The first kappa shape index (κ1) is 17.5. The van der Waals surface area contributed by atoms with Crippen LogP contribution in [0.3, 0.4) is 0 Å². The molecule has 134 valence electrons. The van der Waals surface area contributed by atoms with Crippen molar-refractivity contribution in [3.63, 3.8) is 0 Å². The lowest BCUT2D eigenvalue weighted by molar-refractivity contribution is -0.137. The average Bonchev–Trinajstić information content (AvgIpc) is 2.60. The molecule has 0 saturated carbocycles. The Balaban J connectivity index is 1.72. The predicted octanol–water partition coefficient (Wildman–Crippen LogP) is 3.83. The van der Waals surface area contributed by atoms with Gasteiger partial charge < -0.3 is 16.4 Å². The molecule has 3 rings (SSSR count). The number of nitrogens with zero attached hydrogens (tertiary/aromatic N) is 3. The maximum absolute atomic E-state index is 12.8. The molecule has 0 aliphatic heterocycles. The predicted molar refractivity (Wildman–Crippen MR) is 92.7 cm³/mol. The van der Waals surface area contributed by atoms with Crippen molar-refractivity contribution in [1.82, 2.24) is 15.0 Å². The number of nitrogens with two attached hydrogens (primary N) is 1. The van der Waals surface area contributed by atoms with Crippen molar-refractivity contribution < 1.29 is 13.2 Å². The van der Waals surface area contributed by atoms with Crippen LogP contribution in [0.1, 0.15) is 11.1 Å². The topological polar surface area (TPSA) is 88.8 Å². The third-order valence-corrected chi connectivity index (χ3v) is 3.39. The van der Waals surface area contributed by atoms with Crippen molar-refractivity contribution in [3.8, 4) is 0 Å². The molecule has 0 bridgehead atoms. The second-order valence-electron chi connectivity index (χ2n) is 5.39. The molecule has 0 unspecified atom stereocenters. The molecule has 0 spiro atoms. The SMILES string of the molecule is Nc1nc(NCc2cccc(C(F)(F)F)c2)cc(Nc2ccccn2)n1. The Labute approximate surface area is 147 Å². The zero-order chi connectivity index (χ0) is 18.6. The van der Waals surface area contributed by atoms with Crippen molar-refractivity contribution in [2.45, 2.75) is 12.7 Å². The molecule has 2 aromatic heterocycles. The summed E-state index contributed by atoms with van der Waals surface area (Å²) in [5, 5.41) is 5.93. The van der Waals surface area contributed by atoms with Crippen molar-refractivity contribution >= 4 is 23.4 Å². The van der Waals surface area contributed by atoms with Gasteiger partial charge in [-0.1, -0.05) is 18.2 Å². The van der Waals surface area contributed by atoms with E-state index >= 15 is 0 Å². The summed E-state index contributed by atoms with van der Waals surface area (Å²) in [6.07, 6.45) is -2.76. The van der Waals surface area contributed by atoms with E-state index in [0.717, 1.165) is 12.1 Å². The van der Waals surface area contributed by atoms with Gasteiger partial charge in [0.25, 0.3) is 0 Å². The molecule has 3 aromatic rings. The van der Waals surface area contributed by atoms with Crippen LogP contribution in [0.25, 0.3) is 0 Å². The highest BCUT2D eigenvalue weighted by Crippen LogP contribution is 2.29. The average molecular weight is 360 g/mol. The number of nitrogens with one attached hydrogen (secondary N) is 2.